The minimum Gasteiger partial charge on any atom is -0.495 e. The number of hydrogen-bond donors (Lipinski definition) is 1. The molecule has 0 fully saturated rings. The summed E-state index contributed by atoms with van der Waals surface area (Å²) in [6, 6.07) is 1.55. The highest BCUT2D eigenvalue weighted by atomic mass is 16.6. The summed E-state index contributed by atoms with van der Waals surface area (Å²) in [7, 11) is 1.12. The Morgan fingerprint density at radius 1 is 1.29 bits per heavy atom. The Morgan fingerprint density at radius 3 is 2.24 bits per heavy atom. The Kier molecular flexibility index (Phi) is 3.22. The maximum Gasteiger partial charge on any atom is 0.292 e. The molecule has 9 nitrogen and oxygen atoms in total. The molecule has 0 atom stereocenters. The molecule has 0 aromatic heterocycles. The fraction of sp³-hybridized carbons (Fsp3) is 0.125. The number of nitro benzene ring substituents is 2. The number of ether oxygens (including phenoxy) is 1. The summed E-state index contributed by atoms with van der Waals surface area (Å²) in [5.41, 5.74) is 3.15. The Balaban J connectivity index is 3.63. The van der Waals surface area contributed by atoms with Crippen LogP contribution in [0.15, 0.2) is 12.1 Å². The first-order valence-corrected chi connectivity index (χ1v) is 4.19. The van der Waals surface area contributed by atoms with Crippen molar-refractivity contribution in [1.29, 1.82) is 0 Å². The van der Waals surface area contributed by atoms with E-state index < -0.39 is 32.7 Å². The van der Waals surface area contributed by atoms with Crippen molar-refractivity contribution in [3.8, 4) is 5.75 Å². The van der Waals surface area contributed by atoms with Crippen LogP contribution in [-0.4, -0.2) is 22.9 Å². The van der Waals surface area contributed by atoms with Crippen molar-refractivity contribution in [1.82, 2.24) is 0 Å². The maximum absolute atomic E-state index is 11.1. The van der Waals surface area contributed by atoms with E-state index in [0.29, 0.717) is 6.07 Å². The van der Waals surface area contributed by atoms with E-state index >= 15 is 0 Å². The van der Waals surface area contributed by atoms with Gasteiger partial charge in [0.2, 0.25) is 0 Å². The minimum absolute atomic E-state index is 0.307. The van der Waals surface area contributed by atoms with Crippen LogP contribution in [0, 0.1) is 20.2 Å². The minimum atomic E-state index is -1.09. The number of methoxy groups -OCH3 is 1. The standard InChI is InChI=1S/C8H7N3O6/c1-17-6-3-4(10(13)14)2-5(11(15)16)7(6)8(9)12/h2-3H,1H3,(H2,9,12). The van der Waals surface area contributed by atoms with Gasteiger partial charge < -0.3 is 10.5 Å². The van der Waals surface area contributed by atoms with Gasteiger partial charge in [-0.05, 0) is 0 Å². The molecule has 0 aliphatic rings. The van der Waals surface area contributed by atoms with Gasteiger partial charge in [0, 0.05) is 0 Å². The summed E-state index contributed by atoms with van der Waals surface area (Å²) in [5, 5.41) is 21.2. The zero-order chi connectivity index (χ0) is 13.2. The Bertz CT molecular complexity index is 512. The lowest BCUT2D eigenvalue weighted by atomic mass is 10.1. The summed E-state index contributed by atoms with van der Waals surface area (Å²) in [6.45, 7) is 0. The number of primary amides is 1. The second-order valence-corrected chi connectivity index (χ2v) is 2.92. The highest BCUT2D eigenvalue weighted by Gasteiger charge is 2.28. The van der Waals surface area contributed by atoms with E-state index in [1.54, 1.807) is 0 Å². The number of non-ortho nitro benzene ring substituents is 1. The first-order chi connectivity index (χ1) is 7.88. The molecule has 0 saturated heterocycles. The van der Waals surface area contributed by atoms with E-state index in [2.05, 4.69) is 4.74 Å². The number of rotatable bonds is 4. The third-order valence-corrected chi connectivity index (χ3v) is 1.94. The summed E-state index contributed by atoms with van der Waals surface area (Å²) in [4.78, 5) is 30.5. The van der Waals surface area contributed by atoms with Crippen LogP contribution in [0.4, 0.5) is 11.4 Å². The molecule has 0 radical (unpaired) electrons. The van der Waals surface area contributed by atoms with Gasteiger partial charge in [-0.25, -0.2) is 0 Å². The van der Waals surface area contributed by atoms with Crippen LogP contribution in [-0.2, 0) is 0 Å². The Labute approximate surface area is 94.1 Å². The predicted octanol–water partition coefficient (Wildman–Crippen LogP) is 0.610. The van der Waals surface area contributed by atoms with Gasteiger partial charge in [0.05, 0.1) is 29.1 Å². The van der Waals surface area contributed by atoms with Gasteiger partial charge in [0.25, 0.3) is 17.3 Å². The highest BCUT2D eigenvalue weighted by molar-refractivity contribution is 6.00. The van der Waals surface area contributed by atoms with Crippen molar-refractivity contribution >= 4 is 17.3 Å². The van der Waals surface area contributed by atoms with E-state index in [9.17, 15) is 25.0 Å². The molecule has 0 aliphatic carbocycles. The third kappa shape index (κ3) is 2.27. The number of benzene rings is 1. The molecule has 9 heteroatoms. The fourth-order valence-electron chi connectivity index (χ4n) is 1.24. The molecule has 0 heterocycles. The van der Waals surface area contributed by atoms with Crippen LogP contribution in [0.3, 0.4) is 0 Å². The molecule has 0 unspecified atom stereocenters. The van der Waals surface area contributed by atoms with Gasteiger partial charge >= 0.3 is 0 Å². The van der Waals surface area contributed by atoms with Crippen molar-refractivity contribution < 1.29 is 19.4 Å². The van der Waals surface area contributed by atoms with Gasteiger partial charge in [-0.1, -0.05) is 0 Å². The van der Waals surface area contributed by atoms with Crippen molar-refractivity contribution in [2.75, 3.05) is 7.11 Å². The van der Waals surface area contributed by atoms with Gasteiger partial charge in [-0.3, -0.25) is 25.0 Å². The summed E-state index contributed by atoms with van der Waals surface area (Å²) < 4.78 is 4.68. The zero-order valence-electron chi connectivity index (χ0n) is 8.58. The lowest BCUT2D eigenvalue weighted by molar-refractivity contribution is -0.394. The highest BCUT2D eigenvalue weighted by Crippen LogP contribution is 2.33. The van der Waals surface area contributed by atoms with Crippen LogP contribution in [0.5, 0.6) is 5.75 Å². The first kappa shape index (κ1) is 12.4. The van der Waals surface area contributed by atoms with Gasteiger partial charge in [-0.15, -0.1) is 0 Å². The van der Waals surface area contributed by atoms with Gasteiger partial charge in [0.15, 0.2) is 5.56 Å². The molecular formula is C8H7N3O6. The number of nitrogens with two attached hydrogens (primary N) is 1. The van der Waals surface area contributed by atoms with Crippen LogP contribution < -0.4 is 10.5 Å². The number of carbonyl (C=O) groups excluding carboxylic acids is 1. The van der Waals surface area contributed by atoms with Crippen molar-refractivity contribution in [2.24, 2.45) is 5.73 Å². The average Bonchev–Trinajstić information content (AvgIpc) is 2.26. The SMILES string of the molecule is COc1cc([N+](=O)[O-])cc([N+](=O)[O-])c1C(N)=O. The molecule has 2 N–H and O–H groups in total. The monoisotopic (exact) mass is 241 g/mol. The molecular weight excluding hydrogens is 234 g/mol. The van der Waals surface area contributed by atoms with Crippen LogP contribution >= 0.6 is 0 Å². The molecule has 0 bridgehead atoms. The largest absolute Gasteiger partial charge is 0.495 e. The molecule has 1 rings (SSSR count). The van der Waals surface area contributed by atoms with Crippen molar-refractivity contribution in [3.05, 3.63) is 37.9 Å². The quantitative estimate of drug-likeness (QED) is 0.605. The second kappa shape index (κ2) is 4.43. The average molecular weight is 241 g/mol. The Hall–Kier alpha value is -2.71. The predicted molar refractivity (Wildman–Crippen MR) is 54.8 cm³/mol. The first-order valence-electron chi connectivity index (χ1n) is 4.19. The van der Waals surface area contributed by atoms with E-state index in [4.69, 9.17) is 5.73 Å². The number of hydrogen-bond acceptors (Lipinski definition) is 6. The molecule has 90 valence electrons. The zero-order valence-corrected chi connectivity index (χ0v) is 8.58. The van der Waals surface area contributed by atoms with E-state index in [1.807, 2.05) is 0 Å². The van der Waals surface area contributed by atoms with E-state index in [-0.39, 0.29) is 5.75 Å². The molecule has 0 saturated carbocycles. The summed E-state index contributed by atoms with van der Waals surface area (Å²) in [6.07, 6.45) is 0. The fourth-order valence-corrected chi connectivity index (χ4v) is 1.24. The normalized spacial score (nSPS) is 9.71. The Morgan fingerprint density at radius 2 is 1.88 bits per heavy atom. The van der Waals surface area contributed by atoms with E-state index in [0.717, 1.165) is 13.2 Å². The van der Waals surface area contributed by atoms with Crippen molar-refractivity contribution in [2.45, 2.75) is 0 Å². The maximum atomic E-state index is 11.1. The molecule has 1 aromatic carbocycles. The number of amides is 1. The molecule has 0 spiro atoms. The van der Waals surface area contributed by atoms with Crippen LogP contribution in [0.2, 0.25) is 0 Å². The smallest absolute Gasteiger partial charge is 0.292 e. The van der Waals surface area contributed by atoms with E-state index in [1.165, 1.54) is 0 Å². The topological polar surface area (TPSA) is 139 Å². The summed E-state index contributed by atoms with van der Waals surface area (Å²) in [5.74, 6) is -1.40. The van der Waals surface area contributed by atoms with Crippen LogP contribution in [0.25, 0.3) is 0 Å². The van der Waals surface area contributed by atoms with Crippen LogP contribution in [0.1, 0.15) is 10.4 Å². The molecule has 17 heavy (non-hydrogen) atoms. The van der Waals surface area contributed by atoms with Crippen molar-refractivity contribution in [3.63, 3.8) is 0 Å². The van der Waals surface area contributed by atoms with Gasteiger partial charge in [0.1, 0.15) is 5.75 Å². The molecule has 1 amide bonds. The lowest BCUT2D eigenvalue weighted by Crippen LogP contribution is -2.15. The molecule has 0 aliphatic heterocycles. The third-order valence-electron chi connectivity index (χ3n) is 1.94. The molecule has 1 aromatic rings. The van der Waals surface area contributed by atoms with Gasteiger partial charge in [-0.2, -0.15) is 0 Å². The second-order valence-electron chi connectivity index (χ2n) is 2.92. The number of nitrogens with zero attached hydrogens (tertiary/aromatic N) is 2. The number of carbonyl (C=O) groups is 1. The summed E-state index contributed by atoms with van der Waals surface area (Å²) >= 11 is 0. The number of nitro groups is 2. The lowest BCUT2D eigenvalue weighted by Gasteiger charge is -2.05.